The monoisotopic (exact) mass is 1480 g/mol. The molecular weight excluding hydrogens is 1370 g/mol. The minimum atomic E-state index is -5.26. The molecule has 0 aromatic heterocycles. The molecule has 11 atom stereocenters. The average Bonchev–Trinajstić information content (AvgIpc) is 1.61. The van der Waals surface area contributed by atoms with Crippen LogP contribution in [0.15, 0.2) is 12.2 Å². The van der Waals surface area contributed by atoms with E-state index in [2.05, 4.69) is 16.0 Å². The fourth-order valence-electron chi connectivity index (χ4n) is 16.0. The summed E-state index contributed by atoms with van der Waals surface area (Å²) in [7, 11) is 9.03. The van der Waals surface area contributed by atoms with Gasteiger partial charge in [0.1, 0.15) is 66.1 Å². The van der Waals surface area contributed by atoms with Crippen LogP contribution in [0.3, 0.4) is 0 Å². The summed E-state index contributed by atoms with van der Waals surface area (Å²) in [5, 5.41) is 7.95. The maximum Gasteiger partial charge on any atom is 0.397 e. The molecule has 5 aliphatic carbocycles. The van der Waals surface area contributed by atoms with Crippen molar-refractivity contribution in [3.05, 3.63) is 12.2 Å². The van der Waals surface area contributed by atoms with Gasteiger partial charge in [-0.3, -0.25) is 52.7 Å². The third-order valence-electron chi connectivity index (χ3n) is 23.3. The SMILES string of the molecule is CC[C@H](C)[C@@H]1NC(=O)[C@H](CC2CC2)N(C)C(=O)C[C@@H](C)N(C)C(=O)[C@H](C2CCCC2)N(C)C(=O)C2(CCC2)NC(=O)[C@H](CC(F)F)N(C)C(=O)[C@H](CCC2CC(F)C(C(F)(F)F)C(F)C2)NC(=O)CN(C)C(=O)[C@H](CC2CCC(C(F)(F)F)CC2)N2CC/C=C\C[C@@H](C2=O)N(C)C(=O)CN(C)C1=O. The number of amides is 11. The van der Waals surface area contributed by atoms with Crippen molar-refractivity contribution in [1.29, 1.82) is 0 Å². The van der Waals surface area contributed by atoms with Crippen LogP contribution >= 0.6 is 0 Å². The highest BCUT2D eigenvalue weighted by atomic mass is 19.4. The quantitative estimate of drug-likeness (QED) is 0.127. The molecule has 2 aliphatic heterocycles. The molecule has 1 saturated heterocycles. The van der Waals surface area contributed by atoms with Crippen LogP contribution in [0, 0.1) is 41.4 Å². The molecule has 22 nitrogen and oxygen atoms in total. The lowest BCUT2D eigenvalue weighted by molar-refractivity contribution is -0.219. The van der Waals surface area contributed by atoms with E-state index in [4.69, 9.17) is 0 Å². The molecule has 2 heterocycles. The van der Waals surface area contributed by atoms with Gasteiger partial charge in [0.05, 0.1) is 19.0 Å². The van der Waals surface area contributed by atoms with Gasteiger partial charge in [-0.15, -0.1) is 0 Å². The molecule has 0 aromatic carbocycles. The number of hydrogen-bond acceptors (Lipinski definition) is 11. The summed E-state index contributed by atoms with van der Waals surface area (Å²) in [5.41, 5.74) is -1.83. The fraction of sp³-hybridized carbons (Fsp3) is 0.817. The van der Waals surface area contributed by atoms with Crippen LogP contribution in [-0.4, -0.2) is 258 Å². The Morgan fingerprint density at radius 1 is 0.583 bits per heavy atom. The van der Waals surface area contributed by atoms with E-state index in [9.17, 15) is 63.9 Å². The summed E-state index contributed by atoms with van der Waals surface area (Å²) in [6, 6.07) is -11.3. The van der Waals surface area contributed by atoms with Crippen molar-refractivity contribution in [3.8, 4) is 0 Å². The van der Waals surface area contributed by atoms with Crippen LogP contribution in [0.4, 0.5) is 43.9 Å². The molecule has 5 saturated carbocycles. The van der Waals surface area contributed by atoms with Gasteiger partial charge in [0.2, 0.25) is 71.4 Å². The van der Waals surface area contributed by atoms with Crippen LogP contribution in [0.1, 0.15) is 175 Å². The standard InChI is InChI=1S/C71H107F10N11O11/c1-11-40(2)59-66(101)86(5)39-57(95)88(7)50-20-13-12-16-31-92(65(50)100)53(36-43-23-26-46(27-24-43)70(76,77)78)64(99)85(4)38-55(93)82-49(28-25-44-33-47(72)58(48(73)34-44)71(79,80)81)63(98)90(9)52(37-54(74)75)62(97)84-69(29-17-30-69)68(103)91(10)60(45-18-14-15-19-45)67(102)87(6)41(3)32-56(94)89(8)51(61(96)83-59)35-42-21-22-42/h12-13,40-54,58-60H,11,14-39H2,1-10H3,(H,82,93)(H,83,96)(H,84,97)/b13-12-/t40-,41+,43?,44?,46?,47?,48?,49-,50-,51-,52-,53-,58?,59-,60-/m0/s1. The Kier molecular flexibility index (Phi) is 28.8. The van der Waals surface area contributed by atoms with Crippen LogP contribution in [0.25, 0.3) is 0 Å². The van der Waals surface area contributed by atoms with Gasteiger partial charge in [-0.05, 0) is 146 Å². The third-order valence-corrected chi connectivity index (χ3v) is 23.3. The molecule has 7 rings (SSSR count). The predicted octanol–water partition coefficient (Wildman–Crippen LogP) is 7.51. The summed E-state index contributed by atoms with van der Waals surface area (Å²) in [6.07, 6.45) is -15.8. The Hall–Kier alpha value is -6.79. The normalized spacial score (nSPS) is 32.5. The highest BCUT2D eigenvalue weighted by Gasteiger charge is 2.55. The summed E-state index contributed by atoms with van der Waals surface area (Å²) in [4.78, 5) is 172. The number of likely N-dealkylation sites (N-methyl/N-ethyl adjacent to an activating group) is 7. The minimum Gasteiger partial charge on any atom is -0.343 e. The zero-order chi connectivity index (χ0) is 76.5. The number of alkyl halides is 10. The van der Waals surface area contributed by atoms with E-state index in [1.165, 1.54) is 54.8 Å². The maximum atomic E-state index is 15.3. The molecule has 3 N–H and O–H groups in total. The van der Waals surface area contributed by atoms with Gasteiger partial charge >= 0.3 is 12.4 Å². The first-order valence-corrected chi connectivity index (χ1v) is 36.6. The lowest BCUT2D eigenvalue weighted by Crippen LogP contribution is -2.68. The second-order valence-electron chi connectivity index (χ2n) is 30.6. The van der Waals surface area contributed by atoms with Crippen molar-refractivity contribution >= 4 is 65.0 Å². The minimum absolute atomic E-state index is 0.0320. The number of rotatable bonds is 12. The van der Waals surface area contributed by atoms with E-state index >= 15 is 32.8 Å². The average molecular weight is 1480 g/mol. The molecule has 1 spiro atoms. The summed E-state index contributed by atoms with van der Waals surface area (Å²) >= 11 is 0. The van der Waals surface area contributed by atoms with Crippen molar-refractivity contribution in [2.24, 2.45) is 41.4 Å². The number of carbonyl (C=O) groups is 11. The van der Waals surface area contributed by atoms with Crippen molar-refractivity contribution < 1.29 is 96.6 Å². The second-order valence-corrected chi connectivity index (χ2v) is 30.6. The Bertz CT molecular complexity index is 3040. The number of nitrogens with one attached hydrogen (secondary N) is 3. The summed E-state index contributed by atoms with van der Waals surface area (Å²) < 4.78 is 144. The van der Waals surface area contributed by atoms with Gasteiger partial charge in [-0.2, -0.15) is 26.3 Å². The van der Waals surface area contributed by atoms with Crippen LogP contribution < -0.4 is 16.0 Å². The largest absolute Gasteiger partial charge is 0.397 e. The van der Waals surface area contributed by atoms with Gasteiger partial charge < -0.3 is 55.1 Å². The first-order valence-electron chi connectivity index (χ1n) is 36.6. The number of carbonyl (C=O) groups excluding carboxylic acids is 11. The maximum absolute atomic E-state index is 15.3. The highest BCUT2D eigenvalue weighted by molar-refractivity contribution is 6.00. The zero-order valence-electron chi connectivity index (χ0n) is 61.0. The summed E-state index contributed by atoms with van der Waals surface area (Å²) in [6.45, 7) is 3.35. The smallest absolute Gasteiger partial charge is 0.343 e. The second kappa shape index (κ2) is 35.5. The Morgan fingerprint density at radius 2 is 1.17 bits per heavy atom. The molecule has 32 heteroatoms. The first kappa shape index (κ1) is 83.5. The molecule has 582 valence electrons. The van der Waals surface area contributed by atoms with Crippen molar-refractivity contribution in [3.63, 3.8) is 0 Å². The van der Waals surface area contributed by atoms with Gasteiger partial charge in [0.25, 0.3) is 0 Å². The number of hydrogen-bond donors (Lipinski definition) is 3. The van der Waals surface area contributed by atoms with Crippen molar-refractivity contribution in [1.82, 2.24) is 55.1 Å². The number of fused-ring (bicyclic) bond motifs is 2. The Balaban J connectivity index is 1.28. The third kappa shape index (κ3) is 20.8. The lowest BCUT2D eigenvalue weighted by Gasteiger charge is -2.47. The van der Waals surface area contributed by atoms with Crippen molar-refractivity contribution in [2.75, 3.05) is 69.0 Å². The van der Waals surface area contributed by atoms with Gasteiger partial charge in [-0.25, -0.2) is 17.6 Å². The van der Waals surface area contributed by atoms with E-state index in [0.717, 1.165) is 41.6 Å². The highest BCUT2D eigenvalue weighted by Crippen LogP contribution is 2.46. The predicted molar refractivity (Wildman–Crippen MR) is 358 cm³/mol. The number of halogens is 10. The van der Waals surface area contributed by atoms with E-state index in [0.29, 0.717) is 43.4 Å². The van der Waals surface area contributed by atoms with Gasteiger partial charge in [0.15, 0.2) is 0 Å². The summed E-state index contributed by atoms with van der Waals surface area (Å²) in [5.74, 6) is -16.7. The van der Waals surface area contributed by atoms with Gasteiger partial charge in [0, 0.05) is 74.8 Å². The zero-order valence-corrected chi connectivity index (χ0v) is 61.0. The number of nitrogens with zero attached hydrogens (tertiary/aromatic N) is 8. The molecule has 2 unspecified atom stereocenters. The lowest BCUT2D eigenvalue weighted by atomic mass is 9.74. The molecule has 6 fully saturated rings. The van der Waals surface area contributed by atoms with E-state index in [1.807, 2.05) is 0 Å². The molecule has 0 radical (unpaired) electrons. The molecule has 11 amide bonds. The molecular formula is C71H107F10N11O11. The van der Waals surface area contributed by atoms with Crippen LogP contribution in [0.5, 0.6) is 0 Å². The Labute approximate surface area is 597 Å². The van der Waals surface area contributed by atoms with E-state index in [1.54, 1.807) is 32.9 Å². The van der Waals surface area contributed by atoms with Crippen LogP contribution in [-0.2, 0) is 52.7 Å². The van der Waals surface area contributed by atoms with Gasteiger partial charge in [-0.1, -0.05) is 58.1 Å². The molecule has 2 bridgehead atoms. The van der Waals surface area contributed by atoms with Crippen molar-refractivity contribution in [2.45, 2.75) is 260 Å². The topological polar surface area (TPSA) is 250 Å². The molecule has 7 aliphatic rings. The van der Waals surface area contributed by atoms with E-state index in [-0.39, 0.29) is 83.1 Å². The fourth-order valence-corrected chi connectivity index (χ4v) is 16.0. The molecule has 103 heavy (non-hydrogen) atoms. The molecule has 0 aromatic rings. The Morgan fingerprint density at radius 3 is 1.71 bits per heavy atom. The van der Waals surface area contributed by atoms with Crippen LogP contribution in [0.2, 0.25) is 0 Å². The van der Waals surface area contributed by atoms with E-state index < -0.39 is 231 Å². The first-order chi connectivity index (χ1) is 48.2.